The van der Waals surface area contributed by atoms with E-state index in [0.29, 0.717) is 18.2 Å². The predicted molar refractivity (Wildman–Crippen MR) is 82.1 cm³/mol. The average Bonchev–Trinajstić information content (AvgIpc) is 2.84. The largest absolute Gasteiger partial charge is 0.379 e. The van der Waals surface area contributed by atoms with E-state index < -0.39 is 0 Å². The van der Waals surface area contributed by atoms with Crippen LogP contribution in [0.5, 0.6) is 0 Å². The van der Waals surface area contributed by atoms with E-state index in [0.717, 1.165) is 45.3 Å². The third-order valence-corrected chi connectivity index (χ3v) is 4.38. The first kappa shape index (κ1) is 16.2. The zero-order valence-electron chi connectivity index (χ0n) is 13.4. The first-order valence-electron chi connectivity index (χ1n) is 8.33. The van der Waals surface area contributed by atoms with Crippen molar-refractivity contribution in [3.05, 3.63) is 0 Å². The van der Waals surface area contributed by atoms with Crippen LogP contribution in [0.4, 0.5) is 0 Å². The van der Waals surface area contributed by atoms with E-state index in [1.54, 1.807) is 0 Å². The smallest absolute Gasteiger partial charge is 0.0704 e. The normalized spacial score (nSPS) is 30.0. The zero-order valence-corrected chi connectivity index (χ0v) is 13.4. The topological polar surface area (TPSA) is 33.7 Å². The molecule has 1 N–H and O–H groups in total. The van der Waals surface area contributed by atoms with Crippen molar-refractivity contribution in [3.63, 3.8) is 0 Å². The third kappa shape index (κ3) is 5.32. The molecule has 2 fully saturated rings. The molecule has 0 aromatic carbocycles. The second-order valence-corrected chi connectivity index (χ2v) is 6.74. The van der Waals surface area contributed by atoms with Crippen LogP contribution in [0.1, 0.15) is 40.0 Å². The molecule has 0 aliphatic carbocycles. The van der Waals surface area contributed by atoms with Gasteiger partial charge in [-0.2, -0.15) is 0 Å². The van der Waals surface area contributed by atoms with Crippen LogP contribution in [-0.4, -0.2) is 62.5 Å². The van der Waals surface area contributed by atoms with Crippen LogP contribution in [-0.2, 0) is 9.47 Å². The Morgan fingerprint density at radius 3 is 2.55 bits per heavy atom. The number of nitrogens with zero attached hydrogens (tertiary/aromatic N) is 1. The lowest BCUT2D eigenvalue weighted by atomic mass is 10.0. The molecule has 4 heteroatoms. The van der Waals surface area contributed by atoms with Crippen LogP contribution in [0.15, 0.2) is 0 Å². The summed E-state index contributed by atoms with van der Waals surface area (Å²) in [7, 11) is 0. The quantitative estimate of drug-likeness (QED) is 0.774. The summed E-state index contributed by atoms with van der Waals surface area (Å²) in [5, 5.41) is 3.64. The van der Waals surface area contributed by atoms with Gasteiger partial charge in [0.05, 0.1) is 25.4 Å². The van der Waals surface area contributed by atoms with E-state index in [4.69, 9.17) is 9.47 Å². The fourth-order valence-corrected chi connectivity index (χ4v) is 3.29. The molecule has 2 aliphatic rings. The molecule has 2 rings (SSSR count). The monoisotopic (exact) mass is 284 g/mol. The van der Waals surface area contributed by atoms with Crippen molar-refractivity contribution in [2.45, 2.75) is 58.3 Å². The van der Waals surface area contributed by atoms with Crippen LogP contribution in [0, 0.1) is 5.92 Å². The van der Waals surface area contributed by atoms with E-state index in [1.807, 2.05) is 0 Å². The van der Waals surface area contributed by atoms with Gasteiger partial charge in [-0.3, -0.25) is 4.90 Å². The van der Waals surface area contributed by atoms with Crippen LogP contribution >= 0.6 is 0 Å². The van der Waals surface area contributed by atoms with Crippen molar-refractivity contribution in [3.8, 4) is 0 Å². The molecule has 0 radical (unpaired) electrons. The summed E-state index contributed by atoms with van der Waals surface area (Å²) in [6.45, 7) is 12.8. The molecule has 2 saturated heterocycles. The van der Waals surface area contributed by atoms with E-state index in [9.17, 15) is 0 Å². The Bertz CT molecular complexity index is 267. The van der Waals surface area contributed by atoms with Gasteiger partial charge in [0, 0.05) is 32.2 Å². The Labute approximate surface area is 124 Å². The number of morpholine rings is 1. The highest BCUT2D eigenvalue weighted by Gasteiger charge is 2.24. The first-order valence-corrected chi connectivity index (χ1v) is 8.33. The molecule has 20 heavy (non-hydrogen) atoms. The molecular formula is C16H32N2O2. The van der Waals surface area contributed by atoms with Gasteiger partial charge in [0.1, 0.15) is 0 Å². The Morgan fingerprint density at radius 1 is 1.20 bits per heavy atom. The minimum Gasteiger partial charge on any atom is -0.379 e. The second kappa shape index (κ2) is 8.32. The van der Waals surface area contributed by atoms with E-state index in [-0.39, 0.29) is 0 Å². The summed E-state index contributed by atoms with van der Waals surface area (Å²) in [6, 6.07) is 0.637. The molecule has 0 bridgehead atoms. The van der Waals surface area contributed by atoms with Crippen molar-refractivity contribution in [2.24, 2.45) is 5.92 Å². The summed E-state index contributed by atoms with van der Waals surface area (Å²) in [5.41, 5.74) is 0. The highest BCUT2D eigenvalue weighted by molar-refractivity contribution is 4.79. The molecule has 0 amide bonds. The van der Waals surface area contributed by atoms with Crippen molar-refractivity contribution in [1.82, 2.24) is 10.2 Å². The lowest BCUT2D eigenvalue weighted by Gasteiger charge is -2.35. The van der Waals surface area contributed by atoms with E-state index >= 15 is 0 Å². The van der Waals surface area contributed by atoms with Gasteiger partial charge in [0.25, 0.3) is 0 Å². The van der Waals surface area contributed by atoms with Gasteiger partial charge in [0.2, 0.25) is 0 Å². The van der Waals surface area contributed by atoms with Crippen molar-refractivity contribution in [1.29, 1.82) is 0 Å². The maximum absolute atomic E-state index is 5.87. The molecule has 0 aromatic heterocycles. The second-order valence-electron chi connectivity index (χ2n) is 6.74. The van der Waals surface area contributed by atoms with Gasteiger partial charge < -0.3 is 14.8 Å². The summed E-state index contributed by atoms with van der Waals surface area (Å²) in [6.07, 6.45) is 4.56. The maximum Gasteiger partial charge on any atom is 0.0704 e. The minimum absolute atomic E-state index is 0.425. The lowest BCUT2D eigenvalue weighted by molar-refractivity contribution is 0.0105. The number of hydrogen-bond acceptors (Lipinski definition) is 4. The standard InChI is InChI=1S/C16H32N2O2/c1-13(2)10-15(18-6-8-19-9-7-18)11-17-12-16-5-4-14(3)20-16/h13-17H,4-12H2,1-3H3. The SMILES string of the molecule is CC(C)CC(CNCC1CCC(C)O1)N1CCOCC1. The summed E-state index contributed by atoms with van der Waals surface area (Å²) >= 11 is 0. The molecule has 0 aromatic rings. The van der Waals surface area contributed by atoms with Gasteiger partial charge in [0.15, 0.2) is 0 Å². The van der Waals surface area contributed by atoms with Crippen molar-refractivity contribution in [2.75, 3.05) is 39.4 Å². The Morgan fingerprint density at radius 2 is 1.95 bits per heavy atom. The Balaban J connectivity index is 1.72. The lowest BCUT2D eigenvalue weighted by Crippen LogP contribution is -2.49. The van der Waals surface area contributed by atoms with Crippen LogP contribution < -0.4 is 5.32 Å². The fraction of sp³-hybridized carbons (Fsp3) is 1.00. The zero-order chi connectivity index (χ0) is 14.4. The molecule has 0 saturated carbocycles. The maximum atomic E-state index is 5.87. The van der Waals surface area contributed by atoms with Crippen LogP contribution in [0.2, 0.25) is 0 Å². The molecule has 118 valence electrons. The average molecular weight is 284 g/mol. The van der Waals surface area contributed by atoms with Crippen LogP contribution in [0.3, 0.4) is 0 Å². The Kier molecular flexibility index (Phi) is 6.75. The van der Waals surface area contributed by atoms with Crippen molar-refractivity contribution < 1.29 is 9.47 Å². The summed E-state index contributed by atoms with van der Waals surface area (Å²) in [5.74, 6) is 0.743. The number of nitrogens with one attached hydrogen (secondary N) is 1. The van der Waals surface area contributed by atoms with Gasteiger partial charge in [-0.05, 0) is 32.1 Å². The molecule has 2 heterocycles. The third-order valence-electron chi connectivity index (χ3n) is 4.38. The summed E-state index contributed by atoms with van der Waals surface area (Å²) in [4.78, 5) is 2.59. The van der Waals surface area contributed by atoms with Gasteiger partial charge >= 0.3 is 0 Å². The molecule has 2 aliphatic heterocycles. The minimum atomic E-state index is 0.425. The highest BCUT2D eigenvalue weighted by atomic mass is 16.5. The predicted octanol–water partition coefficient (Wildman–Crippen LogP) is 1.89. The van der Waals surface area contributed by atoms with Gasteiger partial charge in [-0.1, -0.05) is 13.8 Å². The molecular weight excluding hydrogens is 252 g/mol. The first-order chi connectivity index (χ1) is 9.65. The molecule has 3 unspecified atom stereocenters. The van der Waals surface area contributed by atoms with Gasteiger partial charge in [-0.15, -0.1) is 0 Å². The molecule has 0 spiro atoms. The molecule has 3 atom stereocenters. The van der Waals surface area contributed by atoms with E-state index in [2.05, 4.69) is 31.0 Å². The van der Waals surface area contributed by atoms with E-state index in [1.165, 1.54) is 19.3 Å². The number of rotatable bonds is 7. The highest BCUT2D eigenvalue weighted by Crippen LogP contribution is 2.18. The summed E-state index contributed by atoms with van der Waals surface area (Å²) < 4.78 is 11.3. The fourth-order valence-electron chi connectivity index (χ4n) is 3.29. The Hall–Kier alpha value is -0.160. The van der Waals surface area contributed by atoms with Crippen molar-refractivity contribution >= 4 is 0 Å². The van der Waals surface area contributed by atoms with Crippen LogP contribution in [0.25, 0.3) is 0 Å². The number of ether oxygens (including phenoxy) is 2. The molecule has 4 nitrogen and oxygen atoms in total. The number of hydrogen-bond donors (Lipinski definition) is 1. The van der Waals surface area contributed by atoms with Gasteiger partial charge in [-0.25, -0.2) is 0 Å².